The number of nitrogens with one attached hydrogen (secondary N) is 1. The van der Waals surface area contributed by atoms with Gasteiger partial charge in [0.25, 0.3) is 0 Å². The zero-order valence-corrected chi connectivity index (χ0v) is 15.6. The van der Waals surface area contributed by atoms with Gasteiger partial charge in [-0.2, -0.15) is 0 Å². The summed E-state index contributed by atoms with van der Waals surface area (Å²) in [6.45, 7) is 2.67. The summed E-state index contributed by atoms with van der Waals surface area (Å²) in [5.41, 5.74) is 1.42. The van der Waals surface area contributed by atoms with E-state index in [0.717, 1.165) is 5.69 Å². The monoisotopic (exact) mass is 382 g/mol. The molecular weight excluding hydrogens is 359 g/mol. The lowest BCUT2D eigenvalue weighted by atomic mass is 10.2. The van der Waals surface area contributed by atoms with Gasteiger partial charge >= 0.3 is 6.03 Å². The molecule has 2 saturated heterocycles. The Hall–Kier alpha value is -3.09. The lowest BCUT2D eigenvalue weighted by Crippen LogP contribution is -2.54. The van der Waals surface area contributed by atoms with Crippen LogP contribution in [0.3, 0.4) is 0 Å². The minimum absolute atomic E-state index is 0.0147. The van der Waals surface area contributed by atoms with Crippen LogP contribution in [-0.4, -0.2) is 55.6 Å². The maximum atomic E-state index is 13.9. The smallest absolute Gasteiger partial charge is 0.317 e. The molecule has 2 aromatic carbocycles. The van der Waals surface area contributed by atoms with Crippen molar-refractivity contribution in [3.63, 3.8) is 0 Å². The number of nitrogens with zero attached hydrogens (tertiary/aromatic N) is 3. The first-order valence-electron chi connectivity index (χ1n) is 9.52. The highest BCUT2D eigenvalue weighted by molar-refractivity contribution is 5.96. The van der Waals surface area contributed by atoms with E-state index in [9.17, 15) is 14.0 Å². The van der Waals surface area contributed by atoms with Gasteiger partial charge in [0.1, 0.15) is 5.82 Å². The SMILES string of the molecule is O=C(N[C@H]1CC(=O)N(c2ccccc2)C1)N1CCN(c2ccccc2F)CC1. The van der Waals surface area contributed by atoms with Crippen LogP contribution in [0.5, 0.6) is 0 Å². The normalized spacial score (nSPS) is 19.8. The molecular formula is C21H23FN4O2. The largest absolute Gasteiger partial charge is 0.366 e. The van der Waals surface area contributed by atoms with Crippen molar-refractivity contribution in [1.82, 2.24) is 10.2 Å². The molecule has 7 heteroatoms. The number of carbonyl (C=O) groups excluding carboxylic acids is 2. The Kier molecular flexibility index (Phi) is 5.14. The summed E-state index contributed by atoms with van der Waals surface area (Å²) < 4.78 is 13.9. The van der Waals surface area contributed by atoms with E-state index in [1.165, 1.54) is 6.07 Å². The molecule has 2 aromatic rings. The Morgan fingerprint density at radius 2 is 1.64 bits per heavy atom. The summed E-state index contributed by atoms with van der Waals surface area (Å²) in [4.78, 5) is 30.3. The average molecular weight is 382 g/mol. The number of hydrogen-bond donors (Lipinski definition) is 1. The predicted octanol–water partition coefficient (Wildman–Crippen LogP) is 2.46. The van der Waals surface area contributed by atoms with Gasteiger partial charge in [-0.3, -0.25) is 4.79 Å². The van der Waals surface area contributed by atoms with Gasteiger partial charge in [-0.1, -0.05) is 30.3 Å². The number of carbonyl (C=O) groups is 2. The van der Waals surface area contributed by atoms with Crippen LogP contribution in [0.15, 0.2) is 54.6 Å². The van der Waals surface area contributed by atoms with Crippen LogP contribution in [0.4, 0.5) is 20.6 Å². The number of hydrogen-bond acceptors (Lipinski definition) is 3. The van der Waals surface area contributed by atoms with Crippen LogP contribution >= 0.6 is 0 Å². The van der Waals surface area contributed by atoms with Crippen LogP contribution in [0.2, 0.25) is 0 Å². The molecule has 1 N–H and O–H groups in total. The lowest BCUT2D eigenvalue weighted by Gasteiger charge is -2.36. The van der Waals surface area contributed by atoms with Crippen molar-refractivity contribution < 1.29 is 14.0 Å². The first-order valence-corrected chi connectivity index (χ1v) is 9.52. The summed E-state index contributed by atoms with van der Waals surface area (Å²) in [7, 11) is 0. The second-order valence-corrected chi connectivity index (χ2v) is 7.12. The molecule has 6 nitrogen and oxygen atoms in total. The van der Waals surface area contributed by atoms with Gasteiger partial charge in [-0.05, 0) is 24.3 Å². The van der Waals surface area contributed by atoms with E-state index in [2.05, 4.69) is 5.32 Å². The Morgan fingerprint density at radius 3 is 2.36 bits per heavy atom. The Balaban J connectivity index is 1.31. The molecule has 0 bridgehead atoms. The van der Waals surface area contributed by atoms with E-state index < -0.39 is 0 Å². The summed E-state index contributed by atoms with van der Waals surface area (Å²) in [6.07, 6.45) is 0.301. The van der Waals surface area contributed by atoms with Gasteiger partial charge in [-0.25, -0.2) is 9.18 Å². The Morgan fingerprint density at radius 1 is 0.964 bits per heavy atom. The van der Waals surface area contributed by atoms with Gasteiger partial charge in [0.15, 0.2) is 0 Å². The maximum absolute atomic E-state index is 13.9. The van der Waals surface area contributed by atoms with Crippen LogP contribution < -0.4 is 15.1 Å². The number of anilines is 2. The van der Waals surface area contributed by atoms with E-state index in [4.69, 9.17) is 0 Å². The summed E-state index contributed by atoms with van der Waals surface area (Å²) in [5, 5.41) is 2.98. The zero-order valence-electron chi connectivity index (χ0n) is 15.6. The van der Waals surface area contributed by atoms with E-state index >= 15 is 0 Å². The number of benzene rings is 2. The Bertz CT molecular complexity index is 852. The maximum Gasteiger partial charge on any atom is 0.317 e. The van der Waals surface area contributed by atoms with Crippen molar-refractivity contribution in [3.8, 4) is 0 Å². The highest BCUT2D eigenvalue weighted by Gasteiger charge is 2.33. The highest BCUT2D eigenvalue weighted by atomic mass is 19.1. The molecule has 2 aliphatic rings. The molecule has 146 valence electrons. The molecule has 2 heterocycles. The number of halogens is 1. The minimum Gasteiger partial charge on any atom is -0.366 e. The zero-order chi connectivity index (χ0) is 19.5. The van der Waals surface area contributed by atoms with E-state index in [0.29, 0.717) is 44.8 Å². The van der Waals surface area contributed by atoms with Crippen molar-refractivity contribution in [2.75, 3.05) is 42.5 Å². The molecule has 0 radical (unpaired) electrons. The number of piperazine rings is 1. The van der Waals surface area contributed by atoms with Crippen molar-refractivity contribution >= 4 is 23.3 Å². The topological polar surface area (TPSA) is 55.9 Å². The summed E-state index contributed by atoms with van der Waals surface area (Å²) in [5.74, 6) is -0.230. The highest BCUT2D eigenvalue weighted by Crippen LogP contribution is 2.22. The van der Waals surface area contributed by atoms with Crippen LogP contribution in [0.1, 0.15) is 6.42 Å². The molecule has 0 saturated carbocycles. The van der Waals surface area contributed by atoms with Crippen LogP contribution in [-0.2, 0) is 4.79 Å². The van der Waals surface area contributed by atoms with Gasteiger partial charge < -0.3 is 20.0 Å². The number of urea groups is 1. The third-order valence-corrected chi connectivity index (χ3v) is 5.28. The minimum atomic E-state index is -0.245. The quantitative estimate of drug-likeness (QED) is 0.887. The van der Waals surface area contributed by atoms with Gasteiger partial charge in [0, 0.05) is 44.8 Å². The third-order valence-electron chi connectivity index (χ3n) is 5.28. The standard InChI is InChI=1S/C21H23FN4O2/c22-18-8-4-5-9-19(18)24-10-12-25(13-11-24)21(28)23-16-14-20(27)26(15-16)17-6-2-1-3-7-17/h1-9,16H,10-15H2,(H,23,28)/t16-/m0/s1. The third kappa shape index (κ3) is 3.78. The molecule has 2 aliphatic heterocycles. The molecule has 3 amide bonds. The molecule has 0 aliphatic carbocycles. The van der Waals surface area contributed by atoms with Crippen molar-refractivity contribution in [2.24, 2.45) is 0 Å². The van der Waals surface area contributed by atoms with E-state index in [1.54, 1.807) is 21.9 Å². The van der Waals surface area contributed by atoms with Crippen molar-refractivity contribution in [2.45, 2.75) is 12.5 Å². The fraction of sp³-hybridized carbons (Fsp3) is 0.333. The summed E-state index contributed by atoms with van der Waals surface area (Å²) in [6, 6.07) is 15.8. The second kappa shape index (κ2) is 7.88. The molecule has 1 atom stereocenters. The second-order valence-electron chi connectivity index (χ2n) is 7.12. The molecule has 0 spiro atoms. The average Bonchev–Trinajstić information content (AvgIpc) is 3.09. The van der Waals surface area contributed by atoms with Crippen LogP contribution in [0.25, 0.3) is 0 Å². The van der Waals surface area contributed by atoms with Gasteiger partial charge in [0.2, 0.25) is 5.91 Å². The molecule has 28 heavy (non-hydrogen) atoms. The van der Waals surface area contributed by atoms with Gasteiger partial charge in [0.05, 0.1) is 11.7 Å². The fourth-order valence-corrected chi connectivity index (χ4v) is 3.79. The van der Waals surface area contributed by atoms with Crippen molar-refractivity contribution in [1.29, 1.82) is 0 Å². The Labute approximate surface area is 163 Å². The molecule has 0 aromatic heterocycles. The van der Waals surface area contributed by atoms with Gasteiger partial charge in [-0.15, -0.1) is 0 Å². The summed E-state index contributed by atoms with van der Waals surface area (Å²) >= 11 is 0. The van der Waals surface area contributed by atoms with Crippen LogP contribution in [0, 0.1) is 5.82 Å². The van der Waals surface area contributed by atoms with E-state index in [1.807, 2.05) is 41.3 Å². The lowest BCUT2D eigenvalue weighted by molar-refractivity contribution is -0.117. The first-order chi connectivity index (χ1) is 13.6. The number of para-hydroxylation sites is 2. The molecule has 0 unspecified atom stereocenters. The van der Waals surface area contributed by atoms with E-state index in [-0.39, 0.29) is 23.8 Å². The first kappa shape index (κ1) is 18.3. The molecule has 2 fully saturated rings. The number of rotatable bonds is 3. The fourth-order valence-electron chi connectivity index (χ4n) is 3.79. The van der Waals surface area contributed by atoms with Crippen molar-refractivity contribution in [3.05, 3.63) is 60.4 Å². The molecule has 4 rings (SSSR count). The number of amides is 3. The predicted molar refractivity (Wildman–Crippen MR) is 106 cm³/mol.